The molecule has 0 radical (unpaired) electrons. The molecule has 1 aromatic rings. The maximum atomic E-state index is 12.1. The van der Waals surface area contributed by atoms with Crippen LogP contribution >= 0.6 is 0 Å². The third kappa shape index (κ3) is 2.89. The fraction of sp³-hybridized carbons (Fsp3) is 0.583. The Kier molecular flexibility index (Phi) is 3.71. The Morgan fingerprint density at radius 1 is 1.31 bits per heavy atom. The molecular formula is C12H18N2OS. The normalized spacial score (nSPS) is 21.6. The first-order valence-corrected chi connectivity index (χ1v) is 7.10. The number of rotatable bonds is 3. The summed E-state index contributed by atoms with van der Waals surface area (Å²) in [5.74, 6) is 0.546. The van der Waals surface area contributed by atoms with Crippen molar-refractivity contribution >= 4 is 10.8 Å². The molecular weight excluding hydrogens is 220 g/mol. The van der Waals surface area contributed by atoms with E-state index in [-0.39, 0.29) is 5.54 Å². The van der Waals surface area contributed by atoms with Gasteiger partial charge in [0.2, 0.25) is 0 Å². The SMILES string of the molecule is NC1(CS(=O)c2ccccn2)CCCCC1. The monoisotopic (exact) mass is 238 g/mol. The van der Waals surface area contributed by atoms with Gasteiger partial charge in [0, 0.05) is 17.5 Å². The van der Waals surface area contributed by atoms with E-state index >= 15 is 0 Å². The van der Waals surface area contributed by atoms with E-state index in [9.17, 15) is 4.21 Å². The quantitative estimate of drug-likeness (QED) is 0.874. The first-order valence-electron chi connectivity index (χ1n) is 5.78. The van der Waals surface area contributed by atoms with Gasteiger partial charge >= 0.3 is 0 Å². The number of nitrogens with two attached hydrogens (primary N) is 1. The van der Waals surface area contributed by atoms with E-state index in [1.807, 2.05) is 18.2 Å². The first kappa shape index (κ1) is 11.7. The fourth-order valence-electron chi connectivity index (χ4n) is 2.22. The Balaban J connectivity index is 2.01. The summed E-state index contributed by atoms with van der Waals surface area (Å²) in [5.41, 5.74) is 6.04. The molecule has 4 heteroatoms. The molecule has 3 nitrogen and oxygen atoms in total. The molecule has 1 heterocycles. The van der Waals surface area contributed by atoms with Crippen LogP contribution in [-0.4, -0.2) is 20.5 Å². The van der Waals surface area contributed by atoms with Gasteiger partial charge in [0.1, 0.15) is 5.03 Å². The summed E-state index contributed by atoms with van der Waals surface area (Å²) in [4.78, 5) is 4.12. The minimum atomic E-state index is -1.06. The molecule has 1 unspecified atom stereocenters. The lowest BCUT2D eigenvalue weighted by atomic mass is 9.84. The van der Waals surface area contributed by atoms with Gasteiger partial charge in [-0.15, -0.1) is 0 Å². The van der Waals surface area contributed by atoms with Crippen molar-refractivity contribution in [1.82, 2.24) is 4.98 Å². The fourth-order valence-corrected chi connectivity index (χ4v) is 3.58. The van der Waals surface area contributed by atoms with Crippen molar-refractivity contribution in [2.24, 2.45) is 5.73 Å². The third-order valence-corrected chi connectivity index (χ3v) is 4.68. The van der Waals surface area contributed by atoms with E-state index in [2.05, 4.69) is 4.98 Å². The molecule has 1 aliphatic carbocycles. The minimum Gasteiger partial charge on any atom is -0.324 e. The maximum Gasteiger partial charge on any atom is 0.127 e. The Labute approximate surface area is 98.9 Å². The van der Waals surface area contributed by atoms with Crippen molar-refractivity contribution in [3.05, 3.63) is 24.4 Å². The molecule has 1 saturated carbocycles. The second kappa shape index (κ2) is 5.06. The average Bonchev–Trinajstić information content (AvgIpc) is 2.30. The standard InChI is InChI=1S/C12H18N2OS/c13-12(7-3-1-4-8-12)10-16(15)11-6-2-5-9-14-11/h2,5-6,9H,1,3-4,7-8,10,13H2. The van der Waals surface area contributed by atoms with Crippen molar-refractivity contribution in [2.75, 3.05) is 5.75 Å². The number of hydrogen-bond acceptors (Lipinski definition) is 3. The van der Waals surface area contributed by atoms with Gasteiger partial charge < -0.3 is 5.73 Å². The molecule has 2 rings (SSSR count). The van der Waals surface area contributed by atoms with Gasteiger partial charge in [-0.2, -0.15) is 0 Å². The van der Waals surface area contributed by atoms with E-state index in [1.54, 1.807) is 6.20 Å². The van der Waals surface area contributed by atoms with Crippen LogP contribution in [0.3, 0.4) is 0 Å². The topological polar surface area (TPSA) is 56.0 Å². The highest BCUT2D eigenvalue weighted by molar-refractivity contribution is 7.85. The second-order valence-electron chi connectivity index (χ2n) is 4.58. The van der Waals surface area contributed by atoms with Crippen molar-refractivity contribution in [2.45, 2.75) is 42.7 Å². The highest BCUT2D eigenvalue weighted by Gasteiger charge is 2.30. The summed E-state index contributed by atoms with van der Waals surface area (Å²) in [5, 5.41) is 0.651. The van der Waals surface area contributed by atoms with Gasteiger partial charge in [-0.1, -0.05) is 25.3 Å². The third-order valence-electron chi connectivity index (χ3n) is 3.14. The average molecular weight is 238 g/mol. The molecule has 0 saturated heterocycles. The van der Waals surface area contributed by atoms with Crippen LogP contribution in [0.15, 0.2) is 29.4 Å². The minimum absolute atomic E-state index is 0.235. The molecule has 1 aromatic heterocycles. The predicted molar refractivity (Wildman–Crippen MR) is 65.5 cm³/mol. The first-order chi connectivity index (χ1) is 7.70. The number of aromatic nitrogens is 1. The Hall–Kier alpha value is -0.740. The van der Waals surface area contributed by atoms with E-state index in [0.717, 1.165) is 25.7 Å². The number of nitrogens with zero attached hydrogens (tertiary/aromatic N) is 1. The van der Waals surface area contributed by atoms with Gasteiger partial charge in [-0.05, 0) is 25.0 Å². The molecule has 1 fully saturated rings. The lowest BCUT2D eigenvalue weighted by molar-refractivity contribution is 0.326. The van der Waals surface area contributed by atoms with E-state index in [0.29, 0.717) is 10.8 Å². The summed E-state index contributed by atoms with van der Waals surface area (Å²) >= 11 is 0. The zero-order valence-electron chi connectivity index (χ0n) is 9.39. The Morgan fingerprint density at radius 2 is 2.06 bits per heavy atom. The van der Waals surface area contributed by atoms with Crippen LogP contribution in [0.25, 0.3) is 0 Å². The van der Waals surface area contributed by atoms with Crippen LogP contribution in [0.5, 0.6) is 0 Å². The van der Waals surface area contributed by atoms with Gasteiger partial charge in [0.15, 0.2) is 0 Å². The summed E-state index contributed by atoms with van der Waals surface area (Å²) in [6.07, 6.45) is 7.25. The highest BCUT2D eigenvalue weighted by atomic mass is 32.2. The van der Waals surface area contributed by atoms with Crippen molar-refractivity contribution in [3.8, 4) is 0 Å². The molecule has 1 aliphatic rings. The summed E-state index contributed by atoms with van der Waals surface area (Å²) in [7, 11) is -1.06. The van der Waals surface area contributed by atoms with Crippen LogP contribution in [0.2, 0.25) is 0 Å². The molecule has 0 amide bonds. The lowest BCUT2D eigenvalue weighted by Gasteiger charge is -2.32. The molecule has 2 N–H and O–H groups in total. The van der Waals surface area contributed by atoms with Crippen molar-refractivity contribution < 1.29 is 4.21 Å². The maximum absolute atomic E-state index is 12.1. The van der Waals surface area contributed by atoms with Crippen LogP contribution in [0.4, 0.5) is 0 Å². The smallest absolute Gasteiger partial charge is 0.127 e. The van der Waals surface area contributed by atoms with Gasteiger partial charge in [0.25, 0.3) is 0 Å². The summed E-state index contributed by atoms with van der Waals surface area (Å²) < 4.78 is 12.1. The van der Waals surface area contributed by atoms with E-state index < -0.39 is 10.8 Å². The second-order valence-corrected chi connectivity index (χ2v) is 5.98. The lowest BCUT2D eigenvalue weighted by Crippen LogP contribution is -2.46. The molecule has 0 aliphatic heterocycles. The number of hydrogen-bond donors (Lipinski definition) is 1. The van der Waals surface area contributed by atoms with Crippen LogP contribution in [-0.2, 0) is 10.8 Å². The Bertz CT molecular complexity index is 361. The molecule has 16 heavy (non-hydrogen) atoms. The van der Waals surface area contributed by atoms with Crippen LogP contribution in [0.1, 0.15) is 32.1 Å². The zero-order chi connectivity index (χ0) is 11.4. The van der Waals surface area contributed by atoms with Crippen molar-refractivity contribution in [1.29, 1.82) is 0 Å². The Morgan fingerprint density at radius 3 is 2.69 bits per heavy atom. The van der Waals surface area contributed by atoms with Crippen LogP contribution < -0.4 is 5.73 Å². The summed E-state index contributed by atoms with van der Waals surface area (Å²) in [6, 6.07) is 5.51. The molecule has 0 bridgehead atoms. The molecule has 0 spiro atoms. The van der Waals surface area contributed by atoms with E-state index in [4.69, 9.17) is 5.73 Å². The van der Waals surface area contributed by atoms with Gasteiger partial charge in [-0.25, -0.2) is 4.98 Å². The number of pyridine rings is 1. The van der Waals surface area contributed by atoms with Crippen LogP contribution in [0, 0.1) is 0 Å². The predicted octanol–water partition coefficient (Wildman–Crippen LogP) is 1.85. The van der Waals surface area contributed by atoms with Crippen molar-refractivity contribution in [3.63, 3.8) is 0 Å². The highest BCUT2D eigenvalue weighted by Crippen LogP contribution is 2.27. The van der Waals surface area contributed by atoms with Gasteiger partial charge in [-0.3, -0.25) is 4.21 Å². The largest absolute Gasteiger partial charge is 0.324 e. The molecule has 0 aromatic carbocycles. The molecule has 88 valence electrons. The van der Waals surface area contributed by atoms with E-state index in [1.165, 1.54) is 6.42 Å². The summed E-state index contributed by atoms with van der Waals surface area (Å²) in [6.45, 7) is 0. The zero-order valence-corrected chi connectivity index (χ0v) is 10.2. The molecule has 1 atom stereocenters. The van der Waals surface area contributed by atoms with Gasteiger partial charge in [0.05, 0.1) is 10.8 Å².